The summed E-state index contributed by atoms with van der Waals surface area (Å²) in [5.74, 6) is -0.927. The highest BCUT2D eigenvalue weighted by Crippen LogP contribution is 2.29. The zero-order valence-corrected chi connectivity index (χ0v) is 16.5. The van der Waals surface area contributed by atoms with Gasteiger partial charge >= 0.3 is 5.97 Å². The fourth-order valence-electron chi connectivity index (χ4n) is 3.04. The maximum absolute atomic E-state index is 12.4. The number of hydrogen-bond donors (Lipinski definition) is 1. The Balaban J connectivity index is 1.67. The van der Waals surface area contributed by atoms with Crippen LogP contribution in [0, 0.1) is 10.1 Å². The Hall–Kier alpha value is -3.94. The predicted molar refractivity (Wildman–Crippen MR) is 111 cm³/mol. The van der Waals surface area contributed by atoms with Gasteiger partial charge in [0.2, 0.25) is 0 Å². The first-order valence-electron chi connectivity index (χ1n) is 9.18. The van der Waals surface area contributed by atoms with Crippen molar-refractivity contribution in [2.75, 3.05) is 12.4 Å². The van der Waals surface area contributed by atoms with E-state index in [1.54, 1.807) is 0 Å². The van der Waals surface area contributed by atoms with E-state index in [-0.39, 0.29) is 23.5 Å². The number of benzene rings is 3. The molecule has 3 aromatic carbocycles. The molecule has 0 aromatic heterocycles. The summed E-state index contributed by atoms with van der Waals surface area (Å²) in [6.07, 6.45) is -1.09. The Kier molecular flexibility index (Phi) is 6.26. The summed E-state index contributed by atoms with van der Waals surface area (Å²) >= 11 is 0. The Bertz CT molecular complexity index is 1110. The van der Waals surface area contributed by atoms with Crippen LogP contribution in [0.2, 0.25) is 0 Å². The number of methoxy groups -OCH3 is 1. The Morgan fingerprint density at radius 3 is 2.57 bits per heavy atom. The van der Waals surface area contributed by atoms with Crippen LogP contribution in [-0.4, -0.2) is 30.0 Å². The molecular formula is C22H20N2O6. The number of carbonyl (C=O) groups is 2. The van der Waals surface area contributed by atoms with Crippen molar-refractivity contribution in [1.82, 2.24) is 0 Å². The second-order valence-electron chi connectivity index (χ2n) is 6.58. The van der Waals surface area contributed by atoms with Crippen molar-refractivity contribution in [3.05, 3.63) is 76.3 Å². The molecule has 0 bridgehead atoms. The van der Waals surface area contributed by atoms with Crippen LogP contribution in [0.5, 0.6) is 5.75 Å². The Morgan fingerprint density at radius 2 is 1.83 bits per heavy atom. The quantitative estimate of drug-likeness (QED) is 0.361. The van der Waals surface area contributed by atoms with Crippen LogP contribution in [0.25, 0.3) is 10.8 Å². The second kappa shape index (κ2) is 9.04. The monoisotopic (exact) mass is 408 g/mol. The average molecular weight is 408 g/mol. The lowest BCUT2D eigenvalue weighted by Gasteiger charge is -2.15. The summed E-state index contributed by atoms with van der Waals surface area (Å²) < 4.78 is 10.4. The molecule has 0 saturated carbocycles. The topological polar surface area (TPSA) is 108 Å². The van der Waals surface area contributed by atoms with Crippen molar-refractivity contribution < 1.29 is 24.0 Å². The summed E-state index contributed by atoms with van der Waals surface area (Å²) in [7, 11) is 1.38. The zero-order chi connectivity index (χ0) is 21.7. The fraction of sp³-hybridized carbons (Fsp3) is 0.182. The first kappa shape index (κ1) is 20.8. The van der Waals surface area contributed by atoms with E-state index in [9.17, 15) is 19.7 Å². The van der Waals surface area contributed by atoms with Gasteiger partial charge in [-0.3, -0.25) is 19.7 Å². The van der Waals surface area contributed by atoms with E-state index in [4.69, 9.17) is 9.47 Å². The van der Waals surface area contributed by atoms with Gasteiger partial charge in [0.1, 0.15) is 5.75 Å². The minimum Gasteiger partial charge on any atom is -0.495 e. The molecule has 0 unspecified atom stereocenters. The van der Waals surface area contributed by atoms with Crippen LogP contribution in [0.3, 0.4) is 0 Å². The van der Waals surface area contributed by atoms with Crippen molar-refractivity contribution in [3.8, 4) is 5.75 Å². The fourth-order valence-corrected chi connectivity index (χ4v) is 3.04. The highest BCUT2D eigenvalue weighted by atomic mass is 16.6. The molecule has 8 heteroatoms. The zero-order valence-electron chi connectivity index (χ0n) is 16.5. The number of carbonyl (C=O) groups excluding carboxylic acids is 2. The molecule has 1 amide bonds. The number of anilines is 1. The van der Waals surface area contributed by atoms with Gasteiger partial charge in [0, 0.05) is 12.1 Å². The third-order valence-electron chi connectivity index (χ3n) is 4.54. The molecule has 154 valence electrons. The molecule has 0 aliphatic heterocycles. The van der Waals surface area contributed by atoms with Crippen LogP contribution in [0.4, 0.5) is 11.4 Å². The summed E-state index contributed by atoms with van der Waals surface area (Å²) in [6.45, 7) is 1.43. The number of nitro groups is 1. The molecule has 0 aliphatic carbocycles. The van der Waals surface area contributed by atoms with Gasteiger partial charge in [0.15, 0.2) is 6.10 Å². The molecule has 0 heterocycles. The van der Waals surface area contributed by atoms with E-state index in [2.05, 4.69) is 5.32 Å². The number of non-ortho nitro benzene ring substituents is 1. The van der Waals surface area contributed by atoms with E-state index in [1.165, 1.54) is 32.2 Å². The van der Waals surface area contributed by atoms with Gasteiger partial charge in [-0.1, -0.05) is 42.5 Å². The number of ether oxygens (including phenoxy) is 2. The molecule has 1 atom stereocenters. The van der Waals surface area contributed by atoms with E-state index < -0.39 is 22.9 Å². The van der Waals surface area contributed by atoms with E-state index in [0.717, 1.165) is 16.3 Å². The van der Waals surface area contributed by atoms with Gasteiger partial charge in [-0.05, 0) is 29.3 Å². The van der Waals surface area contributed by atoms with E-state index in [0.29, 0.717) is 0 Å². The Labute approximate surface area is 172 Å². The number of nitrogens with one attached hydrogen (secondary N) is 1. The lowest BCUT2D eigenvalue weighted by Crippen LogP contribution is -2.30. The maximum atomic E-state index is 12.4. The van der Waals surface area contributed by atoms with Crippen molar-refractivity contribution in [2.45, 2.75) is 19.4 Å². The molecule has 1 N–H and O–H groups in total. The van der Waals surface area contributed by atoms with E-state index in [1.807, 2.05) is 42.5 Å². The van der Waals surface area contributed by atoms with Gasteiger partial charge in [0.25, 0.3) is 11.6 Å². The van der Waals surface area contributed by atoms with Gasteiger partial charge < -0.3 is 14.8 Å². The van der Waals surface area contributed by atoms with Crippen LogP contribution >= 0.6 is 0 Å². The van der Waals surface area contributed by atoms with E-state index >= 15 is 0 Å². The van der Waals surface area contributed by atoms with Crippen molar-refractivity contribution in [2.24, 2.45) is 0 Å². The van der Waals surface area contributed by atoms with Crippen molar-refractivity contribution >= 4 is 34.0 Å². The molecular weight excluding hydrogens is 388 g/mol. The molecule has 0 saturated heterocycles. The summed E-state index contributed by atoms with van der Waals surface area (Å²) in [5, 5.41) is 15.4. The minimum absolute atomic E-state index is 0.0130. The largest absolute Gasteiger partial charge is 0.495 e. The smallest absolute Gasteiger partial charge is 0.311 e. The molecule has 3 rings (SSSR count). The first-order valence-corrected chi connectivity index (χ1v) is 9.18. The van der Waals surface area contributed by atoms with Crippen molar-refractivity contribution in [3.63, 3.8) is 0 Å². The molecule has 0 spiro atoms. The number of hydrogen-bond acceptors (Lipinski definition) is 6. The lowest BCUT2D eigenvalue weighted by atomic mass is 10.0. The molecule has 3 aromatic rings. The molecule has 0 fully saturated rings. The maximum Gasteiger partial charge on any atom is 0.311 e. The Morgan fingerprint density at radius 1 is 1.10 bits per heavy atom. The van der Waals surface area contributed by atoms with Gasteiger partial charge in [-0.2, -0.15) is 0 Å². The van der Waals surface area contributed by atoms with Gasteiger partial charge in [0.05, 0.1) is 24.1 Å². The molecule has 0 radical (unpaired) electrons. The van der Waals surface area contributed by atoms with Crippen molar-refractivity contribution in [1.29, 1.82) is 0 Å². The minimum atomic E-state index is -1.10. The summed E-state index contributed by atoms with van der Waals surface area (Å²) in [6, 6.07) is 17.1. The van der Waals surface area contributed by atoms with Gasteiger partial charge in [-0.15, -0.1) is 0 Å². The van der Waals surface area contributed by atoms with Crippen LogP contribution < -0.4 is 10.1 Å². The van der Waals surface area contributed by atoms with Gasteiger partial charge in [-0.25, -0.2) is 0 Å². The number of nitro benzene ring substituents is 1. The third-order valence-corrected chi connectivity index (χ3v) is 4.54. The van der Waals surface area contributed by atoms with Crippen LogP contribution in [-0.2, 0) is 20.7 Å². The third kappa shape index (κ3) is 4.72. The SMILES string of the molecule is COc1ccc([N+](=O)[O-])cc1NC(=O)[C@H](C)OC(=O)Cc1cccc2ccccc12. The molecule has 30 heavy (non-hydrogen) atoms. The number of rotatable bonds is 7. The number of nitrogens with zero attached hydrogens (tertiary/aromatic N) is 1. The molecule has 0 aliphatic rings. The average Bonchev–Trinajstić information content (AvgIpc) is 2.73. The summed E-state index contributed by atoms with van der Waals surface area (Å²) in [5.41, 5.74) is 0.714. The van der Waals surface area contributed by atoms with Crippen LogP contribution in [0.15, 0.2) is 60.7 Å². The highest BCUT2D eigenvalue weighted by Gasteiger charge is 2.21. The molecule has 8 nitrogen and oxygen atoms in total. The lowest BCUT2D eigenvalue weighted by molar-refractivity contribution is -0.384. The number of esters is 1. The van der Waals surface area contributed by atoms with Crippen LogP contribution in [0.1, 0.15) is 12.5 Å². The highest BCUT2D eigenvalue weighted by molar-refractivity contribution is 5.97. The standard InChI is InChI=1S/C22H20N2O6/c1-14(22(26)23-19-13-17(24(27)28)10-11-20(19)29-2)30-21(25)12-16-8-5-7-15-6-3-4-9-18(15)16/h3-11,13-14H,12H2,1-2H3,(H,23,26)/t14-/m0/s1. The normalized spacial score (nSPS) is 11.5. The number of amides is 1. The summed E-state index contributed by atoms with van der Waals surface area (Å²) in [4.78, 5) is 35.2. The first-order chi connectivity index (χ1) is 14.4. The predicted octanol–water partition coefficient (Wildman–Crippen LogP) is 3.87. The number of fused-ring (bicyclic) bond motifs is 1. The second-order valence-corrected chi connectivity index (χ2v) is 6.58.